The van der Waals surface area contributed by atoms with E-state index in [1.54, 1.807) is 0 Å². The van der Waals surface area contributed by atoms with Gasteiger partial charge in [-0.3, -0.25) is 0 Å². The monoisotopic (exact) mass is 160 g/mol. The van der Waals surface area contributed by atoms with Crippen LogP contribution in [-0.4, -0.2) is 9.55 Å². The summed E-state index contributed by atoms with van der Waals surface area (Å²) < 4.78 is 2.16. The van der Waals surface area contributed by atoms with Crippen LogP contribution in [0.1, 0.15) is 12.5 Å². The molecule has 0 N–H and O–H groups in total. The number of rotatable bonds is 1. The smallest absolute Gasteiger partial charge is 0.0958 e. The van der Waals surface area contributed by atoms with E-state index >= 15 is 0 Å². The van der Waals surface area contributed by atoms with Crippen LogP contribution in [-0.2, 0) is 6.54 Å². The first kappa shape index (κ1) is 7.35. The van der Waals surface area contributed by atoms with E-state index in [2.05, 4.69) is 41.6 Å². The molecule has 1 heterocycles. The van der Waals surface area contributed by atoms with Gasteiger partial charge in [-0.2, -0.15) is 0 Å². The van der Waals surface area contributed by atoms with Gasteiger partial charge in [0.25, 0.3) is 0 Å². The lowest BCUT2D eigenvalue weighted by Crippen LogP contribution is -1.90. The molecule has 0 atom stereocenters. The first-order valence-corrected chi connectivity index (χ1v) is 4.22. The number of aryl methyl sites for hydroxylation is 2. The van der Waals surface area contributed by atoms with Crippen LogP contribution in [0.5, 0.6) is 0 Å². The van der Waals surface area contributed by atoms with Gasteiger partial charge in [0.2, 0.25) is 0 Å². The topological polar surface area (TPSA) is 17.8 Å². The molecule has 0 aliphatic heterocycles. The lowest BCUT2D eigenvalue weighted by Gasteiger charge is -1.98. The van der Waals surface area contributed by atoms with Crippen molar-refractivity contribution in [3.05, 3.63) is 30.1 Å². The maximum absolute atomic E-state index is 4.29. The Balaban J connectivity index is 2.75. The van der Waals surface area contributed by atoms with Gasteiger partial charge in [-0.25, -0.2) is 4.98 Å². The van der Waals surface area contributed by atoms with Crippen LogP contribution in [0.3, 0.4) is 0 Å². The molecule has 0 spiro atoms. The zero-order valence-corrected chi connectivity index (χ0v) is 7.41. The molecule has 0 amide bonds. The largest absolute Gasteiger partial charge is 0.331 e. The maximum Gasteiger partial charge on any atom is 0.0958 e. The minimum atomic E-state index is 0.986. The van der Waals surface area contributed by atoms with Crippen LogP contribution >= 0.6 is 0 Å². The van der Waals surface area contributed by atoms with E-state index < -0.39 is 0 Å². The highest BCUT2D eigenvalue weighted by atomic mass is 15.0. The molecular formula is C10H12N2. The highest BCUT2D eigenvalue weighted by Gasteiger charge is 1.99. The van der Waals surface area contributed by atoms with Crippen molar-refractivity contribution in [2.24, 2.45) is 0 Å². The predicted molar refractivity (Wildman–Crippen MR) is 50.1 cm³/mol. The predicted octanol–water partition coefficient (Wildman–Crippen LogP) is 2.36. The molecule has 0 saturated heterocycles. The molecule has 0 bridgehead atoms. The van der Waals surface area contributed by atoms with E-state index in [-0.39, 0.29) is 0 Å². The van der Waals surface area contributed by atoms with Gasteiger partial charge in [-0.1, -0.05) is 6.07 Å². The lowest BCUT2D eigenvalue weighted by molar-refractivity contribution is 0.787. The highest BCUT2D eigenvalue weighted by molar-refractivity contribution is 5.75. The fourth-order valence-electron chi connectivity index (χ4n) is 1.42. The van der Waals surface area contributed by atoms with Crippen molar-refractivity contribution in [1.29, 1.82) is 0 Å². The van der Waals surface area contributed by atoms with Gasteiger partial charge < -0.3 is 4.57 Å². The number of benzene rings is 1. The summed E-state index contributed by atoms with van der Waals surface area (Å²) in [6, 6.07) is 6.33. The average Bonchev–Trinajstić information content (AvgIpc) is 2.46. The molecule has 2 rings (SSSR count). The van der Waals surface area contributed by atoms with Gasteiger partial charge in [0, 0.05) is 6.54 Å². The zero-order valence-electron chi connectivity index (χ0n) is 7.41. The minimum absolute atomic E-state index is 0.986. The molecule has 2 nitrogen and oxygen atoms in total. The molecule has 2 heteroatoms. The molecule has 0 unspecified atom stereocenters. The normalized spacial score (nSPS) is 10.8. The number of hydrogen-bond acceptors (Lipinski definition) is 1. The van der Waals surface area contributed by atoms with E-state index in [9.17, 15) is 0 Å². The van der Waals surface area contributed by atoms with Gasteiger partial charge in [0.1, 0.15) is 0 Å². The van der Waals surface area contributed by atoms with Gasteiger partial charge in [-0.15, -0.1) is 0 Å². The van der Waals surface area contributed by atoms with Crippen molar-refractivity contribution in [1.82, 2.24) is 9.55 Å². The molecule has 0 fully saturated rings. The van der Waals surface area contributed by atoms with Crippen molar-refractivity contribution < 1.29 is 0 Å². The van der Waals surface area contributed by atoms with E-state index in [0.29, 0.717) is 0 Å². The molecule has 0 aliphatic rings. The Bertz CT molecular complexity index is 401. The number of aromatic nitrogens is 2. The molecular weight excluding hydrogens is 148 g/mol. The van der Waals surface area contributed by atoms with E-state index in [4.69, 9.17) is 0 Å². The molecule has 0 aliphatic carbocycles. The molecule has 12 heavy (non-hydrogen) atoms. The average molecular weight is 160 g/mol. The summed E-state index contributed by atoms with van der Waals surface area (Å²) in [6.07, 6.45) is 1.89. The van der Waals surface area contributed by atoms with Gasteiger partial charge in [-0.05, 0) is 31.5 Å². The summed E-state index contributed by atoms with van der Waals surface area (Å²) in [6.45, 7) is 5.22. The second-order valence-electron chi connectivity index (χ2n) is 3.02. The minimum Gasteiger partial charge on any atom is -0.331 e. The van der Waals surface area contributed by atoms with Crippen molar-refractivity contribution in [3.63, 3.8) is 0 Å². The molecule has 0 radical (unpaired) electrons. The summed E-state index contributed by atoms with van der Waals surface area (Å²) in [4.78, 5) is 4.29. The molecule has 0 saturated carbocycles. The summed E-state index contributed by atoms with van der Waals surface area (Å²) in [5.74, 6) is 0. The van der Waals surface area contributed by atoms with Gasteiger partial charge in [0.15, 0.2) is 0 Å². The Morgan fingerprint density at radius 2 is 2.25 bits per heavy atom. The Morgan fingerprint density at radius 3 is 3.00 bits per heavy atom. The van der Waals surface area contributed by atoms with E-state index in [0.717, 1.165) is 12.1 Å². The first-order chi connectivity index (χ1) is 5.81. The quantitative estimate of drug-likeness (QED) is 0.626. The van der Waals surface area contributed by atoms with Gasteiger partial charge >= 0.3 is 0 Å². The molecule has 1 aromatic heterocycles. The summed E-state index contributed by atoms with van der Waals surface area (Å²) >= 11 is 0. The first-order valence-electron chi connectivity index (χ1n) is 4.22. The third-order valence-corrected chi connectivity index (χ3v) is 2.12. The fourth-order valence-corrected chi connectivity index (χ4v) is 1.42. The number of hydrogen-bond donors (Lipinski definition) is 0. The number of nitrogens with zero attached hydrogens (tertiary/aromatic N) is 2. The summed E-state index contributed by atoms with van der Waals surface area (Å²) in [5, 5.41) is 0. The van der Waals surface area contributed by atoms with Crippen LogP contribution in [0.25, 0.3) is 11.0 Å². The second kappa shape index (κ2) is 2.63. The summed E-state index contributed by atoms with van der Waals surface area (Å²) in [5.41, 5.74) is 3.61. The third-order valence-electron chi connectivity index (χ3n) is 2.12. The van der Waals surface area contributed by atoms with Crippen LogP contribution in [0.4, 0.5) is 0 Å². The molecule has 1 aromatic carbocycles. The van der Waals surface area contributed by atoms with Crippen molar-refractivity contribution >= 4 is 11.0 Å². The van der Waals surface area contributed by atoms with E-state index in [1.807, 2.05) is 6.33 Å². The van der Waals surface area contributed by atoms with Crippen molar-refractivity contribution in [2.45, 2.75) is 20.4 Å². The Kier molecular flexibility index (Phi) is 1.61. The molecule has 2 aromatic rings. The SMILES string of the molecule is CCn1cnc2ccc(C)cc21. The maximum atomic E-state index is 4.29. The highest BCUT2D eigenvalue weighted by Crippen LogP contribution is 2.13. The van der Waals surface area contributed by atoms with Gasteiger partial charge in [0.05, 0.1) is 17.4 Å². The lowest BCUT2D eigenvalue weighted by atomic mass is 10.2. The molecule has 62 valence electrons. The summed E-state index contributed by atoms with van der Waals surface area (Å²) in [7, 11) is 0. The number of imidazole rings is 1. The Labute approximate surface area is 71.8 Å². The second-order valence-corrected chi connectivity index (χ2v) is 3.02. The number of fused-ring (bicyclic) bond motifs is 1. The van der Waals surface area contributed by atoms with Crippen molar-refractivity contribution in [3.8, 4) is 0 Å². The van der Waals surface area contributed by atoms with Crippen LogP contribution in [0.15, 0.2) is 24.5 Å². The van der Waals surface area contributed by atoms with Crippen LogP contribution < -0.4 is 0 Å². The standard InChI is InChI=1S/C10H12N2/c1-3-12-7-11-9-5-4-8(2)6-10(9)12/h4-7H,3H2,1-2H3. The zero-order chi connectivity index (χ0) is 8.55. The Hall–Kier alpha value is -1.31. The van der Waals surface area contributed by atoms with Crippen LogP contribution in [0, 0.1) is 6.92 Å². The van der Waals surface area contributed by atoms with Crippen molar-refractivity contribution in [2.75, 3.05) is 0 Å². The van der Waals surface area contributed by atoms with Crippen LogP contribution in [0.2, 0.25) is 0 Å². The van der Waals surface area contributed by atoms with E-state index in [1.165, 1.54) is 11.1 Å². The Morgan fingerprint density at radius 1 is 1.42 bits per heavy atom. The third kappa shape index (κ3) is 0.998. The fraction of sp³-hybridized carbons (Fsp3) is 0.300.